The summed E-state index contributed by atoms with van der Waals surface area (Å²) in [4.78, 5) is 23.5. The summed E-state index contributed by atoms with van der Waals surface area (Å²) in [6, 6.07) is 4.31. The Hall–Kier alpha value is -1.31. The maximum absolute atomic E-state index is 12.0. The SMILES string of the molecule is O=C(Nc1ccc(Cl)cc1Br)NC1(C(=O)O)CCOCC1. The zero-order valence-corrected chi connectivity index (χ0v) is 13.3. The minimum absolute atomic E-state index is 0.234. The second-order valence-electron chi connectivity index (χ2n) is 4.70. The number of hydrogen-bond donors (Lipinski definition) is 3. The van der Waals surface area contributed by atoms with Crippen LogP contribution in [0.1, 0.15) is 12.8 Å². The van der Waals surface area contributed by atoms with E-state index in [9.17, 15) is 14.7 Å². The van der Waals surface area contributed by atoms with Crippen molar-refractivity contribution in [2.45, 2.75) is 18.4 Å². The van der Waals surface area contributed by atoms with Gasteiger partial charge in [0.1, 0.15) is 5.54 Å². The molecule has 1 aliphatic rings. The zero-order valence-electron chi connectivity index (χ0n) is 11.0. The van der Waals surface area contributed by atoms with Gasteiger partial charge in [0, 0.05) is 35.6 Å². The van der Waals surface area contributed by atoms with Gasteiger partial charge in [0.25, 0.3) is 0 Å². The number of amides is 2. The van der Waals surface area contributed by atoms with E-state index >= 15 is 0 Å². The van der Waals surface area contributed by atoms with Gasteiger partial charge in [-0.25, -0.2) is 9.59 Å². The molecule has 114 valence electrons. The molecule has 21 heavy (non-hydrogen) atoms. The third kappa shape index (κ3) is 3.87. The van der Waals surface area contributed by atoms with Crippen LogP contribution in [0.3, 0.4) is 0 Å². The molecule has 8 heteroatoms. The molecular weight excluding hydrogens is 364 g/mol. The molecule has 2 rings (SSSR count). The van der Waals surface area contributed by atoms with Gasteiger partial charge in [-0.15, -0.1) is 0 Å². The number of rotatable bonds is 3. The average Bonchev–Trinajstić information content (AvgIpc) is 2.43. The van der Waals surface area contributed by atoms with Crippen molar-refractivity contribution in [2.75, 3.05) is 18.5 Å². The number of carbonyl (C=O) groups excluding carboxylic acids is 1. The minimum atomic E-state index is -1.29. The second kappa shape index (κ2) is 6.64. The van der Waals surface area contributed by atoms with Crippen molar-refractivity contribution < 1.29 is 19.4 Å². The first-order valence-corrected chi connectivity index (χ1v) is 7.45. The van der Waals surface area contributed by atoms with Gasteiger partial charge in [-0.05, 0) is 34.1 Å². The Labute approximate surface area is 134 Å². The average molecular weight is 378 g/mol. The van der Waals surface area contributed by atoms with Crippen LogP contribution >= 0.6 is 27.5 Å². The summed E-state index contributed by atoms with van der Waals surface area (Å²) in [6.07, 6.45) is 0.467. The third-order valence-electron chi connectivity index (χ3n) is 3.29. The van der Waals surface area contributed by atoms with Gasteiger partial charge >= 0.3 is 12.0 Å². The van der Waals surface area contributed by atoms with Gasteiger partial charge in [0.05, 0.1) is 5.69 Å². The fourth-order valence-electron chi connectivity index (χ4n) is 2.07. The Bertz CT molecular complexity index is 561. The van der Waals surface area contributed by atoms with Crippen LogP contribution in [0.15, 0.2) is 22.7 Å². The van der Waals surface area contributed by atoms with E-state index in [0.717, 1.165) is 0 Å². The van der Waals surface area contributed by atoms with Crippen molar-refractivity contribution >= 4 is 45.2 Å². The Morgan fingerprint density at radius 1 is 1.33 bits per heavy atom. The molecule has 1 saturated heterocycles. The Kier molecular flexibility index (Phi) is 5.08. The fourth-order valence-corrected chi connectivity index (χ4v) is 2.86. The fraction of sp³-hybridized carbons (Fsp3) is 0.385. The molecular formula is C13H14BrClN2O4. The lowest BCUT2D eigenvalue weighted by molar-refractivity contribution is -0.148. The highest BCUT2D eigenvalue weighted by atomic mass is 79.9. The van der Waals surface area contributed by atoms with Gasteiger partial charge < -0.3 is 20.5 Å². The number of hydrogen-bond acceptors (Lipinski definition) is 3. The molecule has 0 atom stereocenters. The first-order chi connectivity index (χ1) is 9.93. The van der Waals surface area contributed by atoms with Crippen LogP contribution in [0.5, 0.6) is 0 Å². The molecule has 0 aromatic heterocycles. The number of anilines is 1. The number of carbonyl (C=O) groups is 2. The molecule has 0 spiro atoms. The van der Waals surface area contributed by atoms with Crippen molar-refractivity contribution in [1.29, 1.82) is 0 Å². The van der Waals surface area contributed by atoms with E-state index in [1.807, 2.05) is 0 Å². The van der Waals surface area contributed by atoms with Crippen molar-refractivity contribution in [1.82, 2.24) is 5.32 Å². The summed E-state index contributed by atoms with van der Waals surface area (Å²) in [6.45, 7) is 0.606. The molecule has 0 bridgehead atoms. The topological polar surface area (TPSA) is 87.7 Å². The quantitative estimate of drug-likeness (QED) is 0.756. The van der Waals surface area contributed by atoms with Crippen LogP contribution in [0.2, 0.25) is 5.02 Å². The van der Waals surface area contributed by atoms with Crippen molar-refractivity contribution in [3.8, 4) is 0 Å². The Balaban J connectivity index is 2.07. The van der Waals surface area contributed by atoms with Gasteiger partial charge in [-0.1, -0.05) is 11.6 Å². The van der Waals surface area contributed by atoms with E-state index in [-0.39, 0.29) is 12.8 Å². The standard InChI is InChI=1S/C13H14BrClN2O4/c14-9-7-8(15)1-2-10(9)16-12(20)17-13(11(18)19)3-5-21-6-4-13/h1-2,7H,3-6H2,(H,18,19)(H2,16,17,20). The highest BCUT2D eigenvalue weighted by molar-refractivity contribution is 9.10. The van der Waals surface area contributed by atoms with Gasteiger partial charge in [0.15, 0.2) is 0 Å². The van der Waals surface area contributed by atoms with Crippen molar-refractivity contribution in [3.63, 3.8) is 0 Å². The van der Waals surface area contributed by atoms with Crippen LogP contribution in [-0.2, 0) is 9.53 Å². The number of urea groups is 1. The van der Waals surface area contributed by atoms with Gasteiger partial charge in [-0.3, -0.25) is 0 Å². The molecule has 0 saturated carbocycles. The van der Waals surface area contributed by atoms with E-state index in [0.29, 0.717) is 28.4 Å². The van der Waals surface area contributed by atoms with Crippen LogP contribution in [0.25, 0.3) is 0 Å². The van der Waals surface area contributed by atoms with Crippen LogP contribution < -0.4 is 10.6 Å². The molecule has 6 nitrogen and oxygen atoms in total. The number of carboxylic acid groups (broad SMARTS) is 1. The Morgan fingerprint density at radius 2 is 2.00 bits per heavy atom. The van der Waals surface area contributed by atoms with E-state index < -0.39 is 17.5 Å². The maximum atomic E-state index is 12.0. The second-order valence-corrected chi connectivity index (χ2v) is 5.99. The maximum Gasteiger partial charge on any atom is 0.329 e. The van der Waals surface area contributed by atoms with Crippen LogP contribution in [0, 0.1) is 0 Å². The molecule has 3 N–H and O–H groups in total. The summed E-state index contributed by atoms with van der Waals surface area (Å²) in [5.74, 6) is -1.06. The largest absolute Gasteiger partial charge is 0.480 e. The molecule has 1 aromatic carbocycles. The minimum Gasteiger partial charge on any atom is -0.480 e. The third-order valence-corrected chi connectivity index (χ3v) is 4.18. The molecule has 2 amide bonds. The van der Waals surface area contributed by atoms with E-state index in [2.05, 4.69) is 26.6 Å². The Morgan fingerprint density at radius 3 is 2.57 bits per heavy atom. The number of ether oxygens (including phenoxy) is 1. The predicted octanol–water partition coefficient (Wildman–Crippen LogP) is 2.86. The summed E-state index contributed by atoms with van der Waals surface area (Å²) >= 11 is 9.10. The number of halogens is 2. The monoisotopic (exact) mass is 376 g/mol. The predicted molar refractivity (Wildman–Crippen MR) is 81.7 cm³/mol. The van der Waals surface area contributed by atoms with Crippen LogP contribution in [-0.4, -0.2) is 35.9 Å². The number of aliphatic carboxylic acids is 1. The smallest absolute Gasteiger partial charge is 0.329 e. The number of benzene rings is 1. The van der Waals surface area contributed by atoms with Crippen molar-refractivity contribution in [3.05, 3.63) is 27.7 Å². The normalized spacial score (nSPS) is 17.0. The lowest BCUT2D eigenvalue weighted by Gasteiger charge is -2.33. The number of carboxylic acids is 1. The lowest BCUT2D eigenvalue weighted by Crippen LogP contribution is -2.58. The molecule has 1 aromatic rings. The first kappa shape index (κ1) is 16.1. The molecule has 0 unspecified atom stereocenters. The van der Waals surface area contributed by atoms with Crippen LogP contribution in [0.4, 0.5) is 10.5 Å². The summed E-state index contributed by atoms with van der Waals surface area (Å²) < 4.78 is 5.76. The van der Waals surface area contributed by atoms with E-state index in [1.165, 1.54) is 0 Å². The lowest BCUT2D eigenvalue weighted by atomic mass is 9.90. The molecule has 0 aliphatic carbocycles. The van der Waals surface area contributed by atoms with E-state index in [1.54, 1.807) is 18.2 Å². The van der Waals surface area contributed by atoms with Gasteiger partial charge in [0.2, 0.25) is 0 Å². The van der Waals surface area contributed by atoms with Gasteiger partial charge in [-0.2, -0.15) is 0 Å². The highest BCUT2D eigenvalue weighted by Gasteiger charge is 2.41. The molecule has 1 fully saturated rings. The first-order valence-electron chi connectivity index (χ1n) is 6.28. The highest BCUT2D eigenvalue weighted by Crippen LogP contribution is 2.26. The molecule has 0 radical (unpaired) electrons. The summed E-state index contributed by atoms with van der Waals surface area (Å²) in [5.41, 5.74) is -0.786. The molecule has 1 aliphatic heterocycles. The summed E-state index contributed by atoms with van der Waals surface area (Å²) in [7, 11) is 0. The number of nitrogens with one attached hydrogen (secondary N) is 2. The zero-order chi connectivity index (χ0) is 15.5. The molecule has 1 heterocycles. The summed E-state index contributed by atoms with van der Waals surface area (Å²) in [5, 5.41) is 15.0. The van der Waals surface area contributed by atoms with Crippen molar-refractivity contribution in [2.24, 2.45) is 0 Å². The van der Waals surface area contributed by atoms with E-state index in [4.69, 9.17) is 16.3 Å².